The van der Waals surface area contributed by atoms with Crippen LogP contribution in [0.4, 0.5) is 5.69 Å². The molecule has 1 fully saturated rings. The first-order chi connectivity index (χ1) is 6.88. The summed E-state index contributed by atoms with van der Waals surface area (Å²) in [7, 11) is 0. The van der Waals surface area contributed by atoms with E-state index in [1.54, 1.807) is 0 Å². The zero-order chi connectivity index (χ0) is 9.80. The Morgan fingerprint density at radius 3 is 2.44 bits per heavy atom. The maximum Gasteiger partial charge on any atom is 0.0991 e. The Labute approximate surface area is 108 Å². The van der Waals surface area contributed by atoms with Gasteiger partial charge in [0.15, 0.2) is 0 Å². The third-order valence-corrected chi connectivity index (χ3v) is 2.45. The topological polar surface area (TPSA) is 47.9 Å². The lowest BCUT2D eigenvalue weighted by molar-refractivity contribution is 0.793. The van der Waals surface area contributed by atoms with Gasteiger partial charge in [-0.2, -0.15) is 5.26 Å². The van der Waals surface area contributed by atoms with E-state index < -0.39 is 0 Å². The van der Waals surface area contributed by atoms with Crippen molar-refractivity contribution in [3.05, 3.63) is 29.8 Å². The highest BCUT2D eigenvalue weighted by Crippen LogP contribution is 2.12. The van der Waals surface area contributed by atoms with Crippen molar-refractivity contribution in [3.8, 4) is 6.07 Å². The minimum absolute atomic E-state index is 0. The normalized spacial score (nSPS) is 17.8. The molecule has 2 N–H and O–H groups in total. The Morgan fingerprint density at radius 2 is 1.94 bits per heavy atom. The van der Waals surface area contributed by atoms with E-state index in [4.69, 9.17) is 5.26 Å². The van der Waals surface area contributed by atoms with Crippen molar-refractivity contribution in [1.82, 2.24) is 5.32 Å². The molecule has 1 aromatic rings. The Hall–Kier alpha value is -0.950. The summed E-state index contributed by atoms with van der Waals surface area (Å²) in [6.45, 7) is 2.12. The van der Waals surface area contributed by atoms with Gasteiger partial charge in [0, 0.05) is 18.3 Å². The Bertz CT molecular complexity index is 339. The van der Waals surface area contributed by atoms with Crippen LogP contribution in [-0.2, 0) is 0 Å². The Morgan fingerprint density at radius 1 is 1.25 bits per heavy atom. The van der Waals surface area contributed by atoms with Crippen LogP contribution in [0, 0.1) is 11.3 Å². The average molecular weight is 260 g/mol. The van der Waals surface area contributed by atoms with E-state index >= 15 is 0 Å². The zero-order valence-corrected chi connectivity index (χ0v) is 10.4. The summed E-state index contributed by atoms with van der Waals surface area (Å²) in [5, 5.41) is 15.4. The largest absolute Gasteiger partial charge is 0.381 e. The van der Waals surface area contributed by atoms with Gasteiger partial charge in [-0.25, -0.2) is 0 Å². The summed E-state index contributed by atoms with van der Waals surface area (Å²) >= 11 is 0. The van der Waals surface area contributed by atoms with Crippen molar-refractivity contribution in [2.45, 2.75) is 12.5 Å². The first-order valence-electron chi connectivity index (χ1n) is 4.86. The molecule has 3 nitrogen and oxygen atoms in total. The standard InChI is InChI=1S/C11H13N3.2ClH/c12-7-9-1-3-10(4-2-9)14-11-5-6-13-8-11;;/h1-4,11,13-14H,5-6,8H2;2*1H/t11-;;/m1../s1. The molecule has 0 saturated carbocycles. The number of hydrogen-bond acceptors (Lipinski definition) is 3. The maximum absolute atomic E-state index is 8.63. The highest BCUT2D eigenvalue weighted by atomic mass is 35.5. The first kappa shape index (κ1) is 15.0. The second-order valence-corrected chi connectivity index (χ2v) is 3.52. The second-order valence-electron chi connectivity index (χ2n) is 3.52. The molecule has 0 unspecified atom stereocenters. The predicted molar refractivity (Wildman–Crippen MR) is 70.6 cm³/mol. The molecule has 1 heterocycles. The summed E-state index contributed by atoms with van der Waals surface area (Å²) in [6, 6.07) is 10.2. The first-order valence-corrected chi connectivity index (χ1v) is 4.86. The molecule has 2 rings (SSSR count). The molecule has 0 aliphatic carbocycles. The van der Waals surface area contributed by atoms with E-state index in [-0.39, 0.29) is 24.8 Å². The molecule has 1 aromatic carbocycles. The van der Waals surface area contributed by atoms with E-state index in [9.17, 15) is 0 Å². The summed E-state index contributed by atoms with van der Waals surface area (Å²) < 4.78 is 0. The van der Waals surface area contributed by atoms with Crippen LogP contribution < -0.4 is 10.6 Å². The van der Waals surface area contributed by atoms with E-state index in [0.717, 1.165) is 18.8 Å². The average Bonchev–Trinajstić information content (AvgIpc) is 2.72. The van der Waals surface area contributed by atoms with E-state index in [1.807, 2.05) is 24.3 Å². The molecule has 5 heteroatoms. The monoisotopic (exact) mass is 259 g/mol. The smallest absolute Gasteiger partial charge is 0.0991 e. The quantitative estimate of drug-likeness (QED) is 0.856. The van der Waals surface area contributed by atoms with Crippen molar-refractivity contribution in [3.63, 3.8) is 0 Å². The van der Waals surface area contributed by atoms with Crippen molar-refractivity contribution < 1.29 is 0 Å². The van der Waals surface area contributed by atoms with Crippen LogP contribution >= 0.6 is 24.8 Å². The van der Waals surface area contributed by atoms with E-state index in [0.29, 0.717) is 11.6 Å². The van der Waals surface area contributed by atoms with Gasteiger partial charge in [0.05, 0.1) is 11.6 Å². The van der Waals surface area contributed by atoms with Crippen molar-refractivity contribution in [2.24, 2.45) is 0 Å². The fourth-order valence-electron chi connectivity index (χ4n) is 1.65. The third-order valence-electron chi connectivity index (χ3n) is 2.45. The number of halogens is 2. The van der Waals surface area contributed by atoms with Gasteiger partial charge in [0.25, 0.3) is 0 Å². The highest BCUT2D eigenvalue weighted by Gasteiger charge is 2.13. The maximum atomic E-state index is 8.63. The second kappa shape index (κ2) is 7.34. The molecule has 0 amide bonds. The van der Waals surface area contributed by atoms with Crippen LogP contribution in [0.5, 0.6) is 0 Å². The summed E-state index contributed by atoms with van der Waals surface area (Å²) in [5.41, 5.74) is 1.80. The molecule has 0 radical (unpaired) electrons. The fourth-order valence-corrected chi connectivity index (χ4v) is 1.65. The van der Waals surface area contributed by atoms with Crippen LogP contribution in [0.25, 0.3) is 0 Å². The lowest BCUT2D eigenvalue weighted by Crippen LogP contribution is -2.21. The van der Waals surface area contributed by atoms with Gasteiger partial charge < -0.3 is 10.6 Å². The molecule has 0 bridgehead atoms. The molecule has 1 atom stereocenters. The number of benzene rings is 1. The van der Waals surface area contributed by atoms with Crippen LogP contribution in [0.15, 0.2) is 24.3 Å². The Balaban J connectivity index is 0.00000112. The molecular weight excluding hydrogens is 245 g/mol. The van der Waals surface area contributed by atoms with Crippen LogP contribution in [0.1, 0.15) is 12.0 Å². The minimum Gasteiger partial charge on any atom is -0.381 e. The van der Waals surface area contributed by atoms with Gasteiger partial charge in [-0.3, -0.25) is 0 Å². The van der Waals surface area contributed by atoms with Gasteiger partial charge in [0.2, 0.25) is 0 Å². The molecule has 0 aromatic heterocycles. The molecule has 1 aliphatic rings. The fraction of sp³-hybridized carbons (Fsp3) is 0.364. The third kappa shape index (κ3) is 3.90. The van der Waals surface area contributed by atoms with Gasteiger partial charge in [-0.15, -0.1) is 24.8 Å². The van der Waals surface area contributed by atoms with Crippen molar-refractivity contribution in [1.29, 1.82) is 5.26 Å². The van der Waals surface area contributed by atoms with Gasteiger partial charge in [-0.05, 0) is 37.2 Å². The number of rotatable bonds is 2. The summed E-state index contributed by atoms with van der Waals surface area (Å²) in [6.07, 6.45) is 1.17. The van der Waals surface area contributed by atoms with Gasteiger partial charge in [-0.1, -0.05) is 0 Å². The molecule has 1 saturated heterocycles. The zero-order valence-electron chi connectivity index (χ0n) is 8.77. The van der Waals surface area contributed by atoms with E-state index in [2.05, 4.69) is 16.7 Å². The summed E-state index contributed by atoms with van der Waals surface area (Å²) in [5.74, 6) is 0. The molecule has 1 aliphatic heterocycles. The number of anilines is 1. The summed E-state index contributed by atoms with van der Waals surface area (Å²) in [4.78, 5) is 0. The molecule has 16 heavy (non-hydrogen) atoms. The number of hydrogen-bond donors (Lipinski definition) is 2. The lowest BCUT2D eigenvalue weighted by Gasteiger charge is -2.12. The predicted octanol–water partition coefficient (Wildman–Crippen LogP) is 2.18. The highest BCUT2D eigenvalue weighted by molar-refractivity contribution is 5.85. The van der Waals surface area contributed by atoms with E-state index in [1.165, 1.54) is 6.42 Å². The van der Waals surface area contributed by atoms with Gasteiger partial charge in [0.1, 0.15) is 0 Å². The SMILES string of the molecule is Cl.Cl.N#Cc1ccc(N[C@@H]2CCNC2)cc1. The number of nitrogens with one attached hydrogen (secondary N) is 2. The van der Waals surface area contributed by atoms with Crippen molar-refractivity contribution >= 4 is 30.5 Å². The van der Waals surface area contributed by atoms with Crippen LogP contribution in [0.3, 0.4) is 0 Å². The number of nitriles is 1. The Kier molecular flexibility index (Phi) is 6.91. The minimum atomic E-state index is 0. The van der Waals surface area contributed by atoms with Crippen LogP contribution in [0.2, 0.25) is 0 Å². The molecular formula is C11H15Cl2N3. The van der Waals surface area contributed by atoms with Gasteiger partial charge >= 0.3 is 0 Å². The lowest BCUT2D eigenvalue weighted by atomic mass is 10.2. The number of nitrogens with zero attached hydrogens (tertiary/aromatic N) is 1. The van der Waals surface area contributed by atoms with Crippen LogP contribution in [-0.4, -0.2) is 19.1 Å². The molecule has 0 spiro atoms. The van der Waals surface area contributed by atoms with Crippen molar-refractivity contribution in [2.75, 3.05) is 18.4 Å². The molecule has 88 valence electrons.